The number of carbonyl (C=O) groups is 1. The van der Waals surface area contributed by atoms with E-state index >= 15 is 0 Å². The van der Waals surface area contributed by atoms with E-state index in [-0.39, 0.29) is 5.82 Å². The summed E-state index contributed by atoms with van der Waals surface area (Å²) in [5, 5.41) is 7.28. The van der Waals surface area contributed by atoms with Crippen LogP contribution in [-0.4, -0.2) is 21.3 Å². The molecule has 70 valence electrons. The highest BCUT2D eigenvalue weighted by atomic mass is 19.1. The molecule has 0 aliphatic rings. The summed E-state index contributed by atoms with van der Waals surface area (Å²) in [5.74, 6) is -0.332. The van der Waals surface area contributed by atoms with Crippen LogP contribution in [0.2, 0.25) is 0 Å². The van der Waals surface area contributed by atoms with Crippen LogP contribution < -0.4 is 0 Å². The summed E-state index contributed by atoms with van der Waals surface area (Å²) >= 11 is 0. The van der Waals surface area contributed by atoms with Gasteiger partial charge in [0.15, 0.2) is 6.29 Å². The minimum absolute atomic E-state index is 0.330. The van der Waals surface area contributed by atoms with Crippen LogP contribution in [0, 0.1) is 5.82 Å². The van der Waals surface area contributed by atoms with Crippen LogP contribution in [0.3, 0.4) is 0 Å². The van der Waals surface area contributed by atoms with E-state index in [0.717, 1.165) is 0 Å². The van der Waals surface area contributed by atoms with Gasteiger partial charge >= 0.3 is 0 Å². The molecule has 2 aromatic rings. The summed E-state index contributed by atoms with van der Waals surface area (Å²) in [6, 6.07) is 5.64. The second-order valence-corrected chi connectivity index (χ2v) is 2.66. The number of aromatic nitrogens is 3. The van der Waals surface area contributed by atoms with Crippen molar-refractivity contribution in [1.29, 1.82) is 0 Å². The van der Waals surface area contributed by atoms with Crippen LogP contribution in [0.4, 0.5) is 4.39 Å². The highest BCUT2D eigenvalue weighted by molar-refractivity contribution is 5.72. The van der Waals surface area contributed by atoms with Crippen molar-refractivity contribution < 1.29 is 9.18 Å². The molecule has 0 fully saturated rings. The zero-order valence-electron chi connectivity index (χ0n) is 7.09. The van der Waals surface area contributed by atoms with Crippen molar-refractivity contribution in [2.24, 2.45) is 0 Å². The maximum absolute atomic E-state index is 12.6. The Kier molecular flexibility index (Phi) is 2.06. The molecule has 4 nitrogen and oxygen atoms in total. The standard InChI is InChI=1S/C9H6FN3O/c10-7-1-3-8(4-2-7)13-9(6-14)5-11-12-13/h1-6H. The molecule has 5 heteroatoms. The normalized spacial score (nSPS) is 10.1. The minimum Gasteiger partial charge on any atom is -0.296 e. The van der Waals surface area contributed by atoms with Crippen LogP contribution >= 0.6 is 0 Å². The van der Waals surface area contributed by atoms with Crippen LogP contribution in [0.5, 0.6) is 0 Å². The molecular formula is C9H6FN3O. The van der Waals surface area contributed by atoms with Gasteiger partial charge in [-0.25, -0.2) is 9.07 Å². The average molecular weight is 191 g/mol. The SMILES string of the molecule is O=Cc1cnnn1-c1ccc(F)cc1. The Morgan fingerprint density at radius 1 is 1.29 bits per heavy atom. The highest BCUT2D eigenvalue weighted by Crippen LogP contribution is 2.08. The molecule has 0 atom stereocenters. The molecule has 0 aliphatic heterocycles. The fraction of sp³-hybridized carbons (Fsp3) is 0. The van der Waals surface area contributed by atoms with Gasteiger partial charge in [-0.05, 0) is 24.3 Å². The molecule has 0 unspecified atom stereocenters. The minimum atomic E-state index is -0.332. The maximum Gasteiger partial charge on any atom is 0.170 e. The maximum atomic E-state index is 12.6. The molecule has 1 aromatic heterocycles. The summed E-state index contributed by atoms with van der Waals surface area (Å²) in [6.07, 6.45) is 1.99. The first-order chi connectivity index (χ1) is 6.81. The van der Waals surface area contributed by atoms with Crippen LogP contribution in [0.25, 0.3) is 5.69 Å². The topological polar surface area (TPSA) is 47.8 Å². The summed E-state index contributed by atoms with van der Waals surface area (Å²) in [7, 11) is 0. The van der Waals surface area contributed by atoms with E-state index in [1.54, 1.807) is 0 Å². The van der Waals surface area contributed by atoms with E-state index in [1.165, 1.54) is 35.1 Å². The highest BCUT2D eigenvalue weighted by Gasteiger charge is 2.04. The molecule has 0 saturated carbocycles. The van der Waals surface area contributed by atoms with E-state index in [9.17, 15) is 9.18 Å². The second kappa shape index (κ2) is 3.37. The molecule has 0 spiro atoms. The lowest BCUT2D eigenvalue weighted by molar-refractivity contribution is 0.111. The third-order valence-corrected chi connectivity index (χ3v) is 1.77. The second-order valence-electron chi connectivity index (χ2n) is 2.66. The first-order valence-corrected chi connectivity index (χ1v) is 3.93. The monoisotopic (exact) mass is 191 g/mol. The van der Waals surface area contributed by atoms with Crippen LogP contribution in [0.15, 0.2) is 30.5 Å². The number of halogens is 1. The van der Waals surface area contributed by atoms with Gasteiger partial charge in [-0.15, -0.1) is 5.10 Å². The number of nitrogens with zero attached hydrogens (tertiary/aromatic N) is 3. The largest absolute Gasteiger partial charge is 0.296 e. The molecule has 0 bridgehead atoms. The Morgan fingerprint density at radius 2 is 2.00 bits per heavy atom. The number of hydrogen-bond donors (Lipinski definition) is 0. The van der Waals surface area contributed by atoms with Crippen molar-refractivity contribution in [2.75, 3.05) is 0 Å². The Balaban J connectivity index is 2.49. The van der Waals surface area contributed by atoms with Gasteiger partial charge in [0.25, 0.3) is 0 Å². The first kappa shape index (κ1) is 8.55. The molecule has 1 aromatic carbocycles. The van der Waals surface area contributed by atoms with E-state index < -0.39 is 0 Å². The van der Waals surface area contributed by atoms with Gasteiger partial charge in [0, 0.05) is 0 Å². The predicted molar refractivity (Wildman–Crippen MR) is 46.7 cm³/mol. The van der Waals surface area contributed by atoms with E-state index in [0.29, 0.717) is 17.7 Å². The number of aldehydes is 1. The predicted octanol–water partition coefficient (Wildman–Crippen LogP) is 1.22. The molecule has 0 saturated heterocycles. The molecule has 0 aliphatic carbocycles. The van der Waals surface area contributed by atoms with Crippen LogP contribution in [0.1, 0.15) is 10.5 Å². The first-order valence-electron chi connectivity index (χ1n) is 3.93. The van der Waals surface area contributed by atoms with Gasteiger partial charge in [0.05, 0.1) is 11.9 Å². The average Bonchev–Trinajstić information content (AvgIpc) is 2.67. The third-order valence-electron chi connectivity index (χ3n) is 1.77. The van der Waals surface area contributed by atoms with Crippen molar-refractivity contribution in [3.63, 3.8) is 0 Å². The fourth-order valence-corrected chi connectivity index (χ4v) is 1.11. The molecule has 0 N–H and O–H groups in total. The molecule has 2 rings (SSSR count). The van der Waals surface area contributed by atoms with Crippen molar-refractivity contribution in [3.05, 3.63) is 42.0 Å². The summed E-state index contributed by atoms with van der Waals surface area (Å²) in [6.45, 7) is 0. The summed E-state index contributed by atoms with van der Waals surface area (Å²) in [5.41, 5.74) is 0.933. The fourth-order valence-electron chi connectivity index (χ4n) is 1.11. The molecule has 0 amide bonds. The molecular weight excluding hydrogens is 185 g/mol. The molecule has 0 radical (unpaired) electrons. The lowest BCUT2D eigenvalue weighted by Gasteiger charge is -2.00. The van der Waals surface area contributed by atoms with Crippen molar-refractivity contribution in [1.82, 2.24) is 15.0 Å². The lowest BCUT2D eigenvalue weighted by atomic mass is 10.3. The number of hydrogen-bond acceptors (Lipinski definition) is 3. The number of carbonyl (C=O) groups excluding carboxylic acids is 1. The molecule has 1 heterocycles. The quantitative estimate of drug-likeness (QED) is 0.670. The zero-order valence-corrected chi connectivity index (χ0v) is 7.09. The summed E-state index contributed by atoms with van der Waals surface area (Å²) < 4.78 is 13.9. The van der Waals surface area contributed by atoms with Gasteiger partial charge in [0.2, 0.25) is 0 Å². The van der Waals surface area contributed by atoms with E-state index in [1.807, 2.05) is 0 Å². The van der Waals surface area contributed by atoms with Gasteiger partial charge in [0.1, 0.15) is 11.5 Å². The zero-order chi connectivity index (χ0) is 9.97. The van der Waals surface area contributed by atoms with Gasteiger partial charge in [-0.1, -0.05) is 5.21 Å². The Labute approximate surface area is 79.0 Å². The Morgan fingerprint density at radius 3 is 2.64 bits per heavy atom. The smallest absolute Gasteiger partial charge is 0.170 e. The molecule has 14 heavy (non-hydrogen) atoms. The number of rotatable bonds is 2. The number of benzene rings is 1. The third kappa shape index (κ3) is 1.39. The van der Waals surface area contributed by atoms with Gasteiger partial charge in [-0.2, -0.15) is 0 Å². The summed E-state index contributed by atoms with van der Waals surface area (Å²) in [4.78, 5) is 10.6. The van der Waals surface area contributed by atoms with Crippen molar-refractivity contribution in [3.8, 4) is 5.69 Å². The van der Waals surface area contributed by atoms with Gasteiger partial charge in [-0.3, -0.25) is 4.79 Å². The van der Waals surface area contributed by atoms with E-state index in [2.05, 4.69) is 10.3 Å². The van der Waals surface area contributed by atoms with Crippen molar-refractivity contribution in [2.45, 2.75) is 0 Å². The van der Waals surface area contributed by atoms with Gasteiger partial charge < -0.3 is 0 Å². The Hall–Kier alpha value is -2.04. The lowest BCUT2D eigenvalue weighted by Crippen LogP contribution is -2.01. The Bertz CT molecular complexity index is 449. The van der Waals surface area contributed by atoms with Crippen LogP contribution in [-0.2, 0) is 0 Å². The van der Waals surface area contributed by atoms with Crippen molar-refractivity contribution >= 4 is 6.29 Å². The van der Waals surface area contributed by atoms with E-state index in [4.69, 9.17) is 0 Å².